The lowest BCUT2D eigenvalue weighted by molar-refractivity contribution is -0.116. The summed E-state index contributed by atoms with van der Waals surface area (Å²) in [6, 6.07) is 8.00. The highest BCUT2D eigenvalue weighted by Gasteiger charge is 2.18. The average Bonchev–Trinajstić information content (AvgIpc) is 3.24. The molecule has 0 radical (unpaired) electrons. The highest BCUT2D eigenvalue weighted by Crippen LogP contribution is 2.26. The van der Waals surface area contributed by atoms with Gasteiger partial charge in [0.25, 0.3) is 5.56 Å². The molecule has 3 heterocycles. The van der Waals surface area contributed by atoms with Gasteiger partial charge in [0.2, 0.25) is 5.91 Å². The van der Waals surface area contributed by atoms with Crippen LogP contribution in [-0.4, -0.2) is 29.0 Å². The van der Waals surface area contributed by atoms with Gasteiger partial charge in [-0.3, -0.25) is 9.59 Å². The molecule has 1 aliphatic heterocycles. The summed E-state index contributed by atoms with van der Waals surface area (Å²) in [6.45, 7) is 8.38. The minimum atomic E-state index is -0.126. The Kier molecular flexibility index (Phi) is 5.41. The molecular formula is C22H26N4O2S. The summed E-state index contributed by atoms with van der Waals surface area (Å²) < 4.78 is 0. The Morgan fingerprint density at radius 2 is 2.07 bits per heavy atom. The molecule has 0 aliphatic carbocycles. The van der Waals surface area contributed by atoms with Gasteiger partial charge in [0.05, 0.1) is 5.39 Å². The smallest absolute Gasteiger partial charge is 0.259 e. The van der Waals surface area contributed by atoms with Gasteiger partial charge in [-0.1, -0.05) is 6.92 Å². The fraction of sp³-hybridized carbons (Fsp3) is 0.409. The molecule has 4 rings (SSSR count). The minimum Gasteiger partial charge on any atom is -0.371 e. The summed E-state index contributed by atoms with van der Waals surface area (Å²) in [5.74, 6) is 1.20. The van der Waals surface area contributed by atoms with Gasteiger partial charge in [0.15, 0.2) is 0 Å². The van der Waals surface area contributed by atoms with E-state index in [1.165, 1.54) is 23.4 Å². The van der Waals surface area contributed by atoms with Crippen molar-refractivity contribution in [2.24, 2.45) is 5.92 Å². The van der Waals surface area contributed by atoms with E-state index in [9.17, 15) is 9.59 Å². The Morgan fingerprint density at radius 1 is 1.31 bits per heavy atom. The number of aryl methyl sites for hydroxylation is 3. The molecule has 7 heteroatoms. The van der Waals surface area contributed by atoms with E-state index in [4.69, 9.17) is 0 Å². The Labute approximate surface area is 174 Å². The van der Waals surface area contributed by atoms with Crippen molar-refractivity contribution in [1.82, 2.24) is 9.97 Å². The van der Waals surface area contributed by atoms with Crippen LogP contribution in [0.4, 0.5) is 11.4 Å². The molecule has 2 aromatic heterocycles. The SMILES string of the molecule is Cc1sc2nc(CCC(=O)Nc3ccc(N4CCC(C)C4)cc3)[nH]c(=O)c2c1C. The fourth-order valence-electron chi connectivity index (χ4n) is 3.80. The number of carbonyl (C=O) groups is 1. The zero-order valence-electron chi connectivity index (χ0n) is 17.0. The first kappa shape index (κ1) is 19.6. The second-order valence-corrected chi connectivity index (χ2v) is 9.11. The molecular weight excluding hydrogens is 384 g/mol. The maximum Gasteiger partial charge on any atom is 0.259 e. The number of thiophene rings is 1. The summed E-state index contributed by atoms with van der Waals surface area (Å²) in [7, 11) is 0. The second kappa shape index (κ2) is 7.99. The minimum absolute atomic E-state index is 0.0890. The third-order valence-corrected chi connectivity index (χ3v) is 6.72. The maximum absolute atomic E-state index is 12.3. The topological polar surface area (TPSA) is 78.1 Å². The summed E-state index contributed by atoms with van der Waals surface area (Å²) in [6.07, 6.45) is 1.89. The number of fused-ring (bicyclic) bond motifs is 1. The fourth-order valence-corrected chi connectivity index (χ4v) is 4.85. The molecule has 6 nitrogen and oxygen atoms in total. The molecule has 3 aromatic rings. The molecule has 29 heavy (non-hydrogen) atoms. The molecule has 1 unspecified atom stereocenters. The zero-order valence-corrected chi connectivity index (χ0v) is 17.9. The van der Waals surface area contributed by atoms with Gasteiger partial charge in [0, 0.05) is 42.2 Å². The van der Waals surface area contributed by atoms with Gasteiger partial charge < -0.3 is 15.2 Å². The number of benzene rings is 1. The van der Waals surface area contributed by atoms with Crippen LogP contribution in [0.3, 0.4) is 0 Å². The standard InChI is InChI=1S/C22H26N4O2S/c1-13-10-11-26(12-13)17-6-4-16(5-7-17)23-19(27)9-8-18-24-21(28)20-14(2)15(3)29-22(20)25-18/h4-7,13H,8-12H2,1-3H3,(H,23,27)(H,24,25,28). The number of rotatable bonds is 5. The van der Waals surface area contributed by atoms with Gasteiger partial charge in [-0.25, -0.2) is 4.98 Å². The van der Waals surface area contributed by atoms with E-state index in [-0.39, 0.29) is 17.9 Å². The Hall–Kier alpha value is -2.67. The van der Waals surface area contributed by atoms with Crippen molar-refractivity contribution < 1.29 is 4.79 Å². The van der Waals surface area contributed by atoms with E-state index in [1.54, 1.807) is 0 Å². The molecule has 1 amide bonds. The van der Waals surface area contributed by atoms with Crippen LogP contribution in [0.15, 0.2) is 29.1 Å². The van der Waals surface area contributed by atoms with Gasteiger partial charge >= 0.3 is 0 Å². The van der Waals surface area contributed by atoms with Gasteiger partial charge in [-0.05, 0) is 56.0 Å². The highest BCUT2D eigenvalue weighted by atomic mass is 32.1. The number of nitrogens with one attached hydrogen (secondary N) is 2. The molecule has 1 saturated heterocycles. The Morgan fingerprint density at radius 3 is 2.76 bits per heavy atom. The van der Waals surface area contributed by atoms with Crippen molar-refractivity contribution in [2.75, 3.05) is 23.3 Å². The lowest BCUT2D eigenvalue weighted by Crippen LogP contribution is -2.19. The lowest BCUT2D eigenvalue weighted by Gasteiger charge is -2.18. The van der Waals surface area contributed by atoms with Gasteiger partial charge in [0.1, 0.15) is 10.7 Å². The number of H-pyrrole nitrogens is 1. The van der Waals surface area contributed by atoms with Gasteiger partial charge in [-0.15, -0.1) is 11.3 Å². The second-order valence-electron chi connectivity index (χ2n) is 7.91. The van der Waals surface area contributed by atoms with E-state index >= 15 is 0 Å². The number of hydrogen-bond acceptors (Lipinski definition) is 5. The first-order valence-electron chi connectivity index (χ1n) is 10.0. The summed E-state index contributed by atoms with van der Waals surface area (Å²) in [5, 5.41) is 3.59. The largest absolute Gasteiger partial charge is 0.371 e. The quantitative estimate of drug-likeness (QED) is 0.666. The van der Waals surface area contributed by atoms with Crippen molar-refractivity contribution in [3.8, 4) is 0 Å². The van der Waals surface area contributed by atoms with Crippen LogP contribution in [0.1, 0.15) is 36.0 Å². The van der Waals surface area contributed by atoms with Crippen molar-refractivity contribution in [1.29, 1.82) is 0 Å². The van der Waals surface area contributed by atoms with Crippen molar-refractivity contribution in [3.05, 3.63) is 50.9 Å². The van der Waals surface area contributed by atoms with Crippen LogP contribution in [0, 0.1) is 19.8 Å². The monoisotopic (exact) mass is 410 g/mol. The van der Waals surface area contributed by atoms with E-state index < -0.39 is 0 Å². The number of hydrogen-bond donors (Lipinski definition) is 2. The van der Waals surface area contributed by atoms with Crippen LogP contribution in [0.5, 0.6) is 0 Å². The molecule has 0 spiro atoms. The molecule has 2 N–H and O–H groups in total. The van der Waals surface area contributed by atoms with Crippen LogP contribution in [0.2, 0.25) is 0 Å². The molecule has 0 bridgehead atoms. The van der Waals surface area contributed by atoms with Crippen molar-refractivity contribution in [2.45, 2.75) is 40.0 Å². The summed E-state index contributed by atoms with van der Waals surface area (Å²) in [4.78, 5) is 36.2. The van der Waals surface area contributed by atoms with Crippen LogP contribution >= 0.6 is 11.3 Å². The first-order chi connectivity index (χ1) is 13.9. The van der Waals surface area contributed by atoms with E-state index in [1.807, 2.05) is 26.0 Å². The summed E-state index contributed by atoms with van der Waals surface area (Å²) >= 11 is 1.52. The third kappa shape index (κ3) is 4.19. The first-order valence-corrected chi connectivity index (χ1v) is 10.9. The van der Waals surface area contributed by atoms with E-state index in [2.05, 4.69) is 39.2 Å². The molecule has 1 aromatic carbocycles. The number of anilines is 2. The van der Waals surface area contributed by atoms with Crippen LogP contribution < -0.4 is 15.8 Å². The Balaban J connectivity index is 1.36. The van der Waals surface area contributed by atoms with Crippen LogP contribution in [-0.2, 0) is 11.2 Å². The number of carbonyl (C=O) groups excluding carboxylic acids is 1. The normalized spacial score (nSPS) is 16.5. The molecule has 1 aliphatic rings. The maximum atomic E-state index is 12.3. The Bertz CT molecular complexity index is 1100. The number of aromatic amines is 1. The molecule has 0 saturated carbocycles. The molecule has 1 fully saturated rings. The van der Waals surface area contributed by atoms with E-state index in [0.717, 1.165) is 40.0 Å². The average molecular weight is 411 g/mol. The number of nitrogens with zero attached hydrogens (tertiary/aromatic N) is 2. The van der Waals surface area contributed by atoms with Crippen molar-refractivity contribution >= 4 is 38.8 Å². The third-order valence-electron chi connectivity index (χ3n) is 5.62. The predicted octanol–water partition coefficient (Wildman–Crippen LogP) is 4.02. The molecule has 1 atom stereocenters. The van der Waals surface area contributed by atoms with E-state index in [0.29, 0.717) is 17.6 Å². The molecule has 152 valence electrons. The zero-order chi connectivity index (χ0) is 20.5. The predicted molar refractivity (Wildman–Crippen MR) is 119 cm³/mol. The van der Waals surface area contributed by atoms with Gasteiger partial charge in [-0.2, -0.15) is 0 Å². The van der Waals surface area contributed by atoms with Crippen LogP contribution in [0.25, 0.3) is 10.2 Å². The highest BCUT2D eigenvalue weighted by molar-refractivity contribution is 7.18. The summed E-state index contributed by atoms with van der Waals surface area (Å²) in [5.41, 5.74) is 2.84. The number of aromatic nitrogens is 2. The lowest BCUT2D eigenvalue weighted by atomic mass is 10.2. The number of amides is 1. The van der Waals surface area contributed by atoms with Crippen molar-refractivity contribution in [3.63, 3.8) is 0 Å².